The van der Waals surface area contributed by atoms with Crippen molar-refractivity contribution >= 4 is 12.2 Å². The zero-order valence-corrected chi connectivity index (χ0v) is 7.37. The van der Waals surface area contributed by atoms with Gasteiger partial charge < -0.3 is 4.98 Å². The Morgan fingerprint density at radius 3 is 2.69 bits per heavy atom. The van der Waals surface area contributed by atoms with E-state index in [1.165, 1.54) is 12.3 Å². The molecule has 0 aromatic carbocycles. The van der Waals surface area contributed by atoms with Gasteiger partial charge in [0.2, 0.25) is 0 Å². The lowest BCUT2D eigenvalue weighted by atomic mass is 10.3. The van der Waals surface area contributed by atoms with Crippen LogP contribution in [0, 0.1) is 4.64 Å². The van der Waals surface area contributed by atoms with Gasteiger partial charge in [0.15, 0.2) is 0 Å². The van der Waals surface area contributed by atoms with Crippen LogP contribution in [0.2, 0.25) is 0 Å². The molecule has 0 bridgehead atoms. The maximum absolute atomic E-state index is 11.8. The molecule has 6 heteroatoms. The van der Waals surface area contributed by atoms with E-state index in [0.717, 1.165) is 0 Å². The largest absolute Gasteiger partial charge is 0.389 e. The lowest BCUT2D eigenvalue weighted by Gasteiger charge is -2.04. The molecule has 1 N–H and O–H groups in total. The first-order valence-electron chi connectivity index (χ1n) is 3.58. The minimum Gasteiger partial charge on any atom is -0.335 e. The van der Waals surface area contributed by atoms with Gasteiger partial charge in [0.05, 0.1) is 6.42 Å². The second-order valence-electron chi connectivity index (χ2n) is 2.50. The normalized spacial score (nSPS) is 11.6. The minimum absolute atomic E-state index is 0.159. The SMILES string of the molecule is FC(F)(F)CCc1nccc(=S)[nH]1. The van der Waals surface area contributed by atoms with Gasteiger partial charge in [-0.2, -0.15) is 13.2 Å². The molecule has 2 nitrogen and oxygen atoms in total. The molecule has 0 aliphatic heterocycles. The Bertz CT molecular complexity index is 331. The molecule has 1 aromatic rings. The molecule has 1 rings (SSSR count). The van der Waals surface area contributed by atoms with E-state index < -0.39 is 12.6 Å². The van der Waals surface area contributed by atoms with Crippen molar-refractivity contribution < 1.29 is 13.2 Å². The highest BCUT2D eigenvalue weighted by Gasteiger charge is 2.26. The number of rotatable bonds is 2. The van der Waals surface area contributed by atoms with Crippen LogP contribution in [0.25, 0.3) is 0 Å². The average Bonchev–Trinajstić information content (AvgIpc) is 2.00. The molecule has 0 aliphatic rings. The second-order valence-corrected chi connectivity index (χ2v) is 2.94. The third-order valence-corrected chi connectivity index (χ3v) is 1.61. The van der Waals surface area contributed by atoms with E-state index in [2.05, 4.69) is 9.97 Å². The van der Waals surface area contributed by atoms with Crippen LogP contribution in [0.15, 0.2) is 12.3 Å². The Balaban J connectivity index is 2.60. The fourth-order valence-electron chi connectivity index (χ4n) is 0.798. The molecule has 0 radical (unpaired) electrons. The minimum atomic E-state index is -4.15. The fraction of sp³-hybridized carbons (Fsp3) is 0.429. The maximum atomic E-state index is 11.8. The summed E-state index contributed by atoms with van der Waals surface area (Å²) in [5.74, 6) is 0.268. The zero-order valence-electron chi connectivity index (χ0n) is 6.56. The summed E-state index contributed by atoms with van der Waals surface area (Å²) in [6.45, 7) is 0. The molecule has 0 aliphatic carbocycles. The Kier molecular flexibility index (Phi) is 3.02. The summed E-state index contributed by atoms with van der Waals surface area (Å²) in [6.07, 6.45) is -3.79. The average molecular weight is 208 g/mol. The lowest BCUT2D eigenvalue weighted by molar-refractivity contribution is -0.134. The summed E-state index contributed by atoms with van der Waals surface area (Å²) in [5.41, 5.74) is 0. The van der Waals surface area contributed by atoms with E-state index in [9.17, 15) is 13.2 Å². The molecule has 0 saturated heterocycles. The summed E-state index contributed by atoms with van der Waals surface area (Å²) in [7, 11) is 0. The first-order valence-corrected chi connectivity index (χ1v) is 3.99. The maximum Gasteiger partial charge on any atom is 0.389 e. The van der Waals surface area contributed by atoms with Gasteiger partial charge in [-0.15, -0.1) is 0 Å². The molecule has 72 valence electrons. The zero-order chi connectivity index (χ0) is 9.90. The third-order valence-electron chi connectivity index (χ3n) is 1.37. The van der Waals surface area contributed by atoms with E-state index in [1.54, 1.807) is 0 Å². The highest BCUT2D eigenvalue weighted by molar-refractivity contribution is 7.71. The van der Waals surface area contributed by atoms with Crippen LogP contribution < -0.4 is 0 Å². The quantitative estimate of drug-likeness (QED) is 0.757. The predicted octanol–water partition coefficient (Wildman–Crippen LogP) is 2.63. The first kappa shape index (κ1) is 10.2. The van der Waals surface area contributed by atoms with Crippen molar-refractivity contribution in [2.45, 2.75) is 19.0 Å². The number of hydrogen-bond donors (Lipinski definition) is 1. The Labute approximate surface area is 77.8 Å². The van der Waals surface area contributed by atoms with Crippen molar-refractivity contribution in [2.24, 2.45) is 0 Å². The van der Waals surface area contributed by atoms with Crippen LogP contribution in [0.1, 0.15) is 12.2 Å². The lowest BCUT2D eigenvalue weighted by Crippen LogP contribution is -2.10. The Morgan fingerprint density at radius 1 is 1.46 bits per heavy atom. The standard InChI is InChI=1S/C7H7F3N2S/c8-7(9,10)3-1-5-11-4-2-6(13)12-5/h2,4H,1,3H2,(H,11,12,13). The van der Waals surface area contributed by atoms with Crippen molar-refractivity contribution in [3.8, 4) is 0 Å². The second kappa shape index (κ2) is 3.87. The molecule has 1 heterocycles. The molecular formula is C7H7F3N2S. The topological polar surface area (TPSA) is 28.7 Å². The van der Waals surface area contributed by atoms with E-state index in [1.807, 2.05) is 0 Å². The van der Waals surface area contributed by atoms with Crippen molar-refractivity contribution in [3.05, 3.63) is 22.7 Å². The van der Waals surface area contributed by atoms with Crippen LogP contribution in [-0.4, -0.2) is 16.1 Å². The summed E-state index contributed by atoms with van der Waals surface area (Å²) in [6, 6.07) is 1.52. The van der Waals surface area contributed by atoms with Crippen LogP contribution in [0.5, 0.6) is 0 Å². The fourth-order valence-corrected chi connectivity index (χ4v) is 0.977. The molecule has 0 spiro atoms. The number of aryl methyl sites for hydroxylation is 1. The van der Waals surface area contributed by atoms with Crippen LogP contribution in [0.3, 0.4) is 0 Å². The number of aromatic nitrogens is 2. The molecule has 0 saturated carbocycles. The predicted molar refractivity (Wildman–Crippen MR) is 43.8 cm³/mol. The first-order chi connectivity index (χ1) is 5.97. The van der Waals surface area contributed by atoms with Gasteiger partial charge in [-0.25, -0.2) is 4.98 Å². The van der Waals surface area contributed by atoms with E-state index in [-0.39, 0.29) is 12.2 Å². The molecule has 0 unspecified atom stereocenters. The van der Waals surface area contributed by atoms with Crippen LogP contribution >= 0.6 is 12.2 Å². The number of halogens is 3. The number of H-pyrrole nitrogens is 1. The van der Waals surface area contributed by atoms with Gasteiger partial charge in [0.25, 0.3) is 0 Å². The number of nitrogens with one attached hydrogen (secondary N) is 1. The number of aromatic amines is 1. The summed E-state index contributed by atoms with van der Waals surface area (Å²) < 4.78 is 35.7. The Morgan fingerprint density at radius 2 is 2.15 bits per heavy atom. The molecule has 1 aromatic heterocycles. The third kappa shape index (κ3) is 4.02. The van der Waals surface area contributed by atoms with Gasteiger partial charge in [-0.05, 0) is 6.07 Å². The van der Waals surface area contributed by atoms with Crippen molar-refractivity contribution in [1.29, 1.82) is 0 Å². The summed E-state index contributed by atoms with van der Waals surface area (Å²) in [4.78, 5) is 6.30. The highest BCUT2D eigenvalue weighted by atomic mass is 32.1. The van der Waals surface area contributed by atoms with Crippen LogP contribution in [-0.2, 0) is 6.42 Å². The summed E-state index contributed by atoms with van der Waals surface area (Å²) in [5, 5.41) is 0. The number of alkyl halides is 3. The molecule has 0 fully saturated rings. The highest BCUT2D eigenvalue weighted by Crippen LogP contribution is 2.20. The number of hydrogen-bond acceptors (Lipinski definition) is 2. The van der Waals surface area contributed by atoms with Gasteiger partial charge in [0.1, 0.15) is 10.5 Å². The van der Waals surface area contributed by atoms with Gasteiger partial charge >= 0.3 is 6.18 Å². The molecule has 0 atom stereocenters. The number of nitrogens with zero attached hydrogens (tertiary/aromatic N) is 1. The van der Waals surface area contributed by atoms with E-state index in [0.29, 0.717) is 4.64 Å². The van der Waals surface area contributed by atoms with Crippen molar-refractivity contribution in [2.75, 3.05) is 0 Å². The Hall–Kier alpha value is -0.910. The molecule has 0 amide bonds. The van der Waals surface area contributed by atoms with Gasteiger partial charge in [-0.3, -0.25) is 0 Å². The van der Waals surface area contributed by atoms with E-state index in [4.69, 9.17) is 12.2 Å². The van der Waals surface area contributed by atoms with E-state index >= 15 is 0 Å². The van der Waals surface area contributed by atoms with Crippen molar-refractivity contribution in [1.82, 2.24) is 9.97 Å². The smallest absolute Gasteiger partial charge is 0.335 e. The van der Waals surface area contributed by atoms with Gasteiger partial charge in [0, 0.05) is 12.6 Å². The van der Waals surface area contributed by atoms with Crippen LogP contribution in [0.4, 0.5) is 13.2 Å². The van der Waals surface area contributed by atoms with Crippen molar-refractivity contribution in [3.63, 3.8) is 0 Å². The molecule has 13 heavy (non-hydrogen) atoms. The molecular weight excluding hydrogens is 201 g/mol. The monoisotopic (exact) mass is 208 g/mol. The van der Waals surface area contributed by atoms with Gasteiger partial charge in [-0.1, -0.05) is 12.2 Å². The summed E-state index contributed by atoms with van der Waals surface area (Å²) >= 11 is 4.73.